The van der Waals surface area contributed by atoms with E-state index < -0.39 is 17.3 Å². The molecule has 6 nitrogen and oxygen atoms in total. The van der Waals surface area contributed by atoms with E-state index in [1.54, 1.807) is 19.2 Å². The zero-order valence-electron chi connectivity index (χ0n) is 13.9. The largest absolute Gasteiger partial charge is 0.469 e. The van der Waals surface area contributed by atoms with Gasteiger partial charge in [-0.05, 0) is 42.8 Å². The van der Waals surface area contributed by atoms with Crippen molar-refractivity contribution in [2.24, 2.45) is 5.92 Å². The van der Waals surface area contributed by atoms with E-state index >= 15 is 0 Å². The van der Waals surface area contributed by atoms with Gasteiger partial charge in [0.25, 0.3) is 11.5 Å². The third-order valence-electron chi connectivity index (χ3n) is 4.32. The van der Waals surface area contributed by atoms with Crippen LogP contribution in [0.4, 0.5) is 4.39 Å². The van der Waals surface area contributed by atoms with Crippen molar-refractivity contribution < 1.29 is 18.7 Å². The summed E-state index contributed by atoms with van der Waals surface area (Å²) in [4.78, 5) is 38.3. The summed E-state index contributed by atoms with van der Waals surface area (Å²) in [6, 6.07) is 7.10. The van der Waals surface area contributed by atoms with Gasteiger partial charge in [0.15, 0.2) is 0 Å². The van der Waals surface area contributed by atoms with Crippen LogP contribution in [0.3, 0.4) is 0 Å². The summed E-state index contributed by atoms with van der Waals surface area (Å²) in [6.07, 6.45) is 1.55. The summed E-state index contributed by atoms with van der Waals surface area (Å²) in [6.45, 7) is 2.15. The van der Waals surface area contributed by atoms with Crippen molar-refractivity contribution in [3.8, 4) is 5.69 Å². The van der Waals surface area contributed by atoms with Gasteiger partial charge in [-0.15, -0.1) is 0 Å². The van der Waals surface area contributed by atoms with Gasteiger partial charge in [0.2, 0.25) is 0 Å². The Morgan fingerprint density at radius 3 is 2.40 bits per heavy atom. The standard InChI is InChI=1S/C18H17FN2O4/c1-11-7-8-21(14-5-3-13(19)4-6-14)17(23)15(11)16(22)20-9-12(10-20)18(24)25-2/h3-8,12H,9-10H2,1-2H3. The molecule has 3 rings (SSSR count). The van der Waals surface area contributed by atoms with Gasteiger partial charge in [-0.2, -0.15) is 0 Å². The van der Waals surface area contributed by atoms with Crippen molar-refractivity contribution in [3.05, 3.63) is 63.8 Å². The van der Waals surface area contributed by atoms with Crippen molar-refractivity contribution in [1.82, 2.24) is 9.47 Å². The zero-order chi connectivity index (χ0) is 18.1. The maximum absolute atomic E-state index is 13.1. The molecule has 0 atom stereocenters. The molecule has 0 radical (unpaired) electrons. The number of pyridine rings is 1. The fraction of sp³-hybridized carbons (Fsp3) is 0.278. The molecule has 0 spiro atoms. The molecule has 0 aliphatic carbocycles. The zero-order valence-corrected chi connectivity index (χ0v) is 13.9. The van der Waals surface area contributed by atoms with Crippen LogP contribution in [-0.2, 0) is 9.53 Å². The maximum Gasteiger partial charge on any atom is 0.312 e. The number of nitrogens with zero attached hydrogens (tertiary/aromatic N) is 2. The topological polar surface area (TPSA) is 68.6 Å². The Bertz CT molecular complexity index is 883. The van der Waals surface area contributed by atoms with Crippen LogP contribution in [0.15, 0.2) is 41.3 Å². The average Bonchev–Trinajstić information content (AvgIpc) is 2.54. The smallest absolute Gasteiger partial charge is 0.312 e. The monoisotopic (exact) mass is 344 g/mol. The molecular formula is C18H17FN2O4. The van der Waals surface area contributed by atoms with Gasteiger partial charge in [0, 0.05) is 25.0 Å². The van der Waals surface area contributed by atoms with Crippen LogP contribution in [0.2, 0.25) is 0 Å². The minimum absolute atomic E-state index is 0.0511. The van der Waals surface area contributed by atoms with E-state index in [9.17, 15) is 18.8 Å². The molecule has 25 heavy (non-hydrogen) atoms. The first-order chi connectivity index (χ1) is 11.9. The van der Waals surface area contributed by atoms with E-state index in [0.717, 1.165) is 0 Å². The normalized spacial score (nSPS) is 14.1. The number of hydrogen-bond acceptors (Lipinski definition) is 4. The maximum atomic E-state index is 13.1. The van der Waals surface area contributed by atoms with Crippen molar-refractivity contribution in [2.45, 2.75) is 6.92 Å². The molecule has 0 bridgehead atoms. The van der Waals surface area contributed by atoms with Crippen LogP contribution < -0.4 is 5.56 Å². The van der Waals surface area contributed by atoms with Crippen LogP contribution in [-0.4, -0.2) is 41.5 Å². The third kappa shape index (κ3) is 3.05. The van der Waals surface area contributed by atoms with Crippen molar-refractivity contribution in [1.29, 1.82) is 0 Å². The van der Waals surface area contributed by atoms with Crippen molar-refractivity contribution in [2.75, 3.05) is 20.2 Å². The number of carbonyl (C=O) groups is 2. The molecule has 1 amide bonds. The molecule has 130 valence electrons. The van der Waals surface area contributed by atoms with Gasteiger partial charge in [-0.3, -0.25) is 19.0 Å². The van der Waals surface area contributed by atoms with Crippen LogP contribution in [0, 0.1) is 18.7 Å². The summed E-state index contributed by atoms with van der Waals surface area (Å²) in [5, 5.41) is 0. The van der Waals surface area contributed by atoms with Crippen LogP contribution >= 0.6 is 0 Å². The van der Waals surface area contributed by atoms with Gasteiger partial charge in [0.1, 0.15) is 11.4 Å². The highest BCUT2D eigenvalue weighted by atomic mass is 19.1. The second-order valence-corrected chi connectivity index (χ2v) is 5.96. The lowest BCUT2D eigenvalue weighted by atomic mass is 9.98. The average molecular weight is 344 g/mol. The van der Waals surface area contributed by atoms with E-state index in [2.05, 4.69) is 4.74 Å². The summed E-state index contributed by atoms with van der Waals surface area (Å²) < 4.78 is 19.0. The fourth-order valence-electron chi connectivity index (χ4n) is 2.81. The minimum Gasteiger partial charge on any atom is -0.469 e. The molecule has 1 aliphatic rings. The number of methoxy groups -OCH3 is 1. The molecule has 1 aromatic carbocycles. The number of esters is 1. The Hall–Kier alpha value is -2.96. The first-order valence-electron chi connectivity index (χ1n) is 7.77. The molecule has 7 heteroatoms. The Kier molecular flexibility index (Phi) is 4.39. The lowest BCUT2D eigenvalue weighted by Crippen LogP contribution is -2.54. The van der Waals surface area contributed by atoms with Gasteiger partial charge in [-0.1, -0.05) is 0 Å². The molecule has 0 saturated carbocycles. The van der Waals surface area contributed by atoms with E-state index in [1.807, 2.05) is 0 Å². The number of benzene rings is 1. The molecular weight excluding hydrogens is 327 g/mol. The molecule has 1 aromatic heterocycles. The molecule has 0 unspecified atom stereocenters. The highest BCUT2D eigenvalue weighted by Gasteiger charge is 2.38. The Morgan fingerprint density at radius 2 is 1.80 bits per heavy atom. The lowest BCUT2D eigenvalue weighted by Gasteiger charge is -2.37. The number of hydrogen-bond donors (Lipinski definition) is 0. The summed E-state index contributed by atoms with van der Waals surface area (Å²) in [7, 11) is 1.30. The van der Waals surface area contributed by atoms with Gasteiger partial charge < -0.3 is 9.64 Å². The number of amides is 1. The van der Waals surface area contributed by atoms with E-state index in [-0.39, 0.29) is 30.5 Å². The van der Waals surface area contributed by atoms with Crippen LogP contribution in [0.1, 0.15) is 15.9 Å². The highest BCUT2D eigenvalue weighted by Crippen LogP contribution is 2.20. The van der Waals surface area contributed by atoms with Gasteiger partial charge >= 0.3 is 5.97 Å². The number of ether oxygens (including phenoxy) is 1. The van der Waals surface area contributed by atoms with Gasteiger partial charge in [-0.25, -0.2) is 4.39 Å². The Labute approximate surface area is 143 Å². The quantitative estimate of drug-likeness (QED) is 0.792. The molecule has 1 fully saturated rings. The number of rotatable bonds is 3. The second-order valence-electron chi connectivity index (χ2n) is 5.96. The highest BCUT2D eigenvalue weighted by molar-refractivity contribution is 5.96. The van der Waals surface area contributed by atoms with Crippen molar-refractivity contribution in [3.63, 3.8) is 0 Å². The SMILES string of the molecule is COC(=O)C1CN(C(=O)c2c(C)ccn(-c3ccc(F)cc3)c2=O)C1. The molecule has 0 N–H and O–H groups in total. The predicted octanol–water partition coefficient (Wildman–Crippen LogP) is 1.53. The number of halogens is 1. The number of aryl methyl sites for hydroxylation is 1. The van der Waals surface area contributed by atoms with E-state index in [1.165, 1.54) is 40.8 Å². The Morgan fingerprint density at radius 1 is 1.16 bits per heavy atom. The first kappa shape index (κ1) is 16.9. The van der Waals surface area contributed by atoms with E-state index in [0.29, 0.717) is 11.3 Å². The molecule has 2 aromatic rings. The fourth-order valence-corrected chi connectivity index (χ4v) is 2.81. The molecule has 2 heterocycles. The lowest BCUT2D eigenvalue weighted by molar-refractivity contribution is -0.149. The first-order valence-corrected chi connectivity index (χ1v) is 7.77. The summed E-state index contributed by atoms with van der Waals surface area (Å²) in [5.74, 6) is -1.54. The number of likely N-dealkylation sites (tertiary alicyclic amines) is 1. The molecule has 1 saturated heterocycles. The second kappa shape index (κ2) is 6.51. The van der Waals surface area contributed by atoms with Crippen LogP contribution in [0.25, 0.3) is 5.69 Å². The van der Waals surface area contributed by atoms with Crippen molar-refractivity contribution >= 4 is 11.9 Å². The predicted molar refractivity (Wildman–Crippen MR) is 88.1 cm³/mol. The number of aromatic nitrogens is 1. The summed E-state index contributed by atoms with van der Waals surface area (Å²) in [5.41, 5.74) is 0.597. The van der Waals surface area contributed by atoms with Crippen LogP contribution in [0.5, 0.6) is 0 Å². The Balaban J connectivity index is 1.91. The summed E-state index contributed by atoms with van der Waals surface area (Å²) >= 11 is 0. The minimum atomic E-state index is -0.474. The third-order valence-corrected chi connectivity index (χ3v) is 4.32. The number of carbonyl (C=O) groups excluding carboxylic acids is 2. The van der Waals surface area contributed by atoms with Gasteiger partial charge in [0.05, 0.1) is 13.0 Å². The molecule has 1 aliphatic heterocycles. The van der Waals surface area contributed by atoms with E-state index in [4.69, 9.17) is 0 Å².